The molecule has 158 valence electrons. The zero-order valence-corrected chi connectivity index (χ0v) is 17.9. The van der Waals surface area contributed by atoms with Crippen LogP contribution in [0.2, 0.25) is 0 Å². The average molecular weight is 413 g/mol. The van der Waals surface area contributed by atoms with E-state index in [1.54, 1.807) is 0 Å². The van der Waals surface area contributed by atoms with Crippen LogP contribution in [0.15, 0.2) is 66.7 Å². The Morgan fingerprint density at radius 1 is 1.00 bits per heavy atom. The monoisotopic (exact) mass is 412 g/mol. The van der Waals surface area contributed by atoms with Crippen molar-refractivity contribution in [1.29, 1.82) is 0 Å². The Morgan fingerprint density at radius 2 is 1.71 bits per heavy atom. The number of ether oxygens (including phenoxy) is 1. The molecule has 2 aliphatic rings. The molecule has 1 N–H and O–H groups in total. The molecule has 1 aliphatic carbocycles. The van der Waals surface area contributed by atoms with E-state index in [9.17, 15) is 4.79 Å². The number of nitrogens with one attached hydrogen (secondary N) is 1. The molecule has 0 radical (unpaired) electrons. The van der Waals surface area contributed by atoms with Crippen molar-refractivity contribution in [2.75, 3.05) is 19.7 Å². The number of carbonyl (C=O) groups excluding carboxylic acids is 1. The van der Waals surface area contributed by atoms with E-state index in [4.69, 9.17) is 4.74 Å². The number of hydrogen-bond acceptors (Lipinski definition) is 3. The maximum atomic E-state index is 13.0. The van der Waals surface area contributed by atoms with Gasteiger partial charge in [-0.05, 0) is 51.9 Å². The number of fused-ring (bicyclic) bond motifs is 4. The summed E-state index contributed by atoms with van der Waals surface area (Å²) in [6, 6.07) is 23.3. The van der Waals surface area contributed by atoms with Gasteiger partial charge in [0.25, 0.3) is 0 Å². The molecule has 4 nitrogen and oxygen atoms in total. The number of rotatable bonds is 5. The van der Waals surface area contributed by atoms with Crippen molar-refractivity contribution in [2.24, 2.45) is 0 Å². The first kappa shape index (κ1) is 19.8. The van der Waals surface area contributed by atoms with Gasteiger partial charge in [-0.25, -0.2) is 4.79 Å². The van der Waals surface area contributed by atoms with Gasteiger partial charge < -0.3 is 15.0 Å². The molecule has 1 amide bonds. The highest BCUT2D eigenvalue weighted by atomic mass is 16.6. The summed E-state index contributed by atoms with van der Waals surface area (Å²) < 4.78 is 5.89. The van der Waals surface area contributed by atoms with Gasteiger partial charge in [-0.1, -0.05) is 73.7 Å². The molecule has 0 bridgehead atoms. The Balaban J connectivity index is 1.30. The normalized spacial score (nSPS) is 14.7. The van der Waals surface area contributed by atoms with E-state index < -0.39 is 0 Å². The molecule has 0 atom stereocenters. The van der Waals surface area contributed by atoms with Crippen LogP contribution in [0.25, 0.3) is 11.1 Å². The van der Waals surface area contributed by atoms with Crippen molar-refractivity contribution in [3.63, 3.8) is 0 Å². The van der Waals surface area contributed by atoms with Crippen LogP contribution in [0.4, 0.5) is 4.79 Å². The second-order valence-corrected chi connectivity index (χ2v) is 8.31. The van der Waals surface area contributed by atoms with Crippen LogP contribution in [0.3, 0.4) is 0 Å². The van der Waals surface area contributed by atoms with Gasteiger partial charge in [0.2, 0.25) is 0 Å². The average Bonchev–Trinajstić information content (AvgIpc) is 3.14. The van der Waals surface area contributed by atoms with Crippen molar-refractivity contribution in [3.8, 4) is 11.1 Å². The molecule has 0 aromatic heterocycles. The Labute approximate surface area is 183 Å². The first-order chi connectivity index (χ1) is 15.3. The molecule has 3 aromatic rings. The third-order valence-corrected chi connectivity index (χ3v) is 6.53. The van der Waals surface area contributed by atoms with Crippen LogP contribution in [-0.4, -0.2) is 30.7 Å². The predicted molar refractivity (Wildman–Crippen MR) is 123 cm³/mol. The van der Waals surface area contributed by atoms with Crippen molar-refractivity contribution >= 4 is 6.09 Å². The van der Waals surface area contributed by atoms with Gasteiger partial charge >= 0.3 is 6.09 Å². The summed E-state index contributed by atoms with van der Waals surface area (Å²) in [6.45, 7) is 5.56. The van der Waals surface area contributed by atoms with Gasteiger partial charge in [-0.2, -0.15) is 0 Å². The second kappa shape index (κ2) is 8.56. The zero-order valence-electron chi connectivity index (χ0n) is 17.9. The minimum atomic E-state index is -0.217. The molecule has 5 rings (SSSR count). The number of nitrogens with zero attached hydrogens (tertiary/aromatic N) is 1. The smallest absolute Gasteiger partial charge is 0.410 e. The third kappa shape index (κ3) is 3.72. The fourth-order valence-corrected chi connectivity index (χ4v) is 4.92. The summed E-state index contributed by atoms with van der Waals surface area (Å²) >= 11 is 0. The molecule has 0 fully saturated rings. The standard InChI is InChI=1S/C27H28N2O2/c1-2-28-16-20-9-7-8-19-14-15-29(17-25(19)20)27(30)31-18-26-23-12-5-3-10-21(23)22-11-4-6-13-24(22)26/h3-13,26,28H,2,14-18H2,1H3. The molecular weight excluding hydrogens is 384 g/mol. The Bertz CT molecular complexity index is 1060. The molecule has 1 aliphatic heterocycles. The lowest BCUT2D eigenvalue weighted by atomic mass is 9.95. The summed E-state index contributed by atoms with van der Waals surface area (Å²) in [5, 5.41) is 3.41. The fraction of sp³-hybridized carbons (Fsp3) is 0.296. The fourth-order valence-electron chi connectivity index (χ4n) is 4.92. The largest absolute Gasteiger partial charge is 0.448 e. The summed E-state index contributed by atoms with van der Waals surface area (Å²) in [5.74, 6) is 0.0951. The van der Waals surface area contributed by atoms with Crippen LogP contribution in [0.1, 0.15) is 40.7 Å². The molecule has 0 spiro atoms. The molecule has 0 saturated carbocycles. The number of benzene rings is 3. The maximum Gasteiger partial charge on any atom is 0.410 e. The van der Waals surface area contributed by atoms with Crippen LogP contribution in [-0.2, 0) is 24.2 Å². The summed E-state index contributed by atoms with van der Waals surface area (Å²) in [7, 11) is 0. The highest BCUT2D eigenvalue weighted by Gasteiger charge is 2.30. The molecule has 1 heterocycles. The lowest BCUT2D eigenvalue weighted by molar-refractivity contribution is 0.0952. The van der Waals surface area contributed by atoms with Gasteiger partial charge in [-0.3, -0.25) is 0 Å². The van der Waals surface area contributed by atoms with Gasteiger partial charge in [-0.15, -0.1) is 0 Å². The second-order valence-electron chi connectivity index (χ2n) is 8.31. The van der Waals surface area contributed by atoms with Gasteiger partial charge in [0.1, 0.15) is 6.61 Å². The number of hydrogen-bond donors (Lipinski definition) is 1. The first-order valence-electron chi connectivity index (χ1n) is 11.2. The van der Waals surface area contributed by atoms with Crippen LogP contribution < -0.4 is 5.32 Å². The predicted octanol–water partition coefficient (Wildman–Crippen LogP) is 5.10. The maximum absolute atomic E-state index is 13.0. The summed E-state index contributed by atoms with van der Waals surface area (Å²) in [6.07, 6.45) is 0.658. The summed E-state index contributed by atoms with van der Waals surface area (Å²) in [5.41, 5.74) is 8.87. The zero-order chi connectivity index (χ0) is 21.2. The van der Waals surface area contributed by atoms with Crippen molar-refractivity contribution in [1.82, 2.24) is 10.2 Å². The van der Waals surface area contributed by atoms with Crippen LogP contribution >= 0.6 is 0 Å². The first-order valence-corrected chi connectivity index (χ1v) is 11.2. The minimum absolute atomic E-state index is 0.0951. The lowest BCUT2D eigenvalue weighted by Crippen LogP contribution is -2.37. The lowest BCUT2D eigenvalue weighted by Gasteiger charge is -2.30. The van der Waals surface area contributed by atoms with E-state index in [-0.39, 0.29) is 12.0 Å². The minimum Gasteiger partial charge on any atom is -0.448 e. The topological polar surface area (TPSA) is 41.6 Å². The van der Waals surface area contributed by atoms with E-state index >= 15 is 0 Å². The van der Waals surface area contributed by atoms with Crippen LogP contribution in [0.5, 0.6) is 0 Å². The van der Waals surface area contributed by atoms with Gasteiger partial charge in [0.15, 0.2) is 0 Å². The highest BCUT2D eigenvalue weighted by molar-refractivity contribution is 5.79. The molecule has 3 aromatic carbocycles. The van der Waals surface area contributed by atoms with Crippen molar-refractivity contribution in [3.05, 3.63) is 94.5 Å². The van der Waals surface area contributed by atoms with E-state index in [1.807, 2.05) is 4.90 Å². The highest BCUT2D eigenvalue weighted by Crippen LogP contribution is 2.44. The van der Waals surface area contributed by atoms with E-state index in [0.29, 0.717) is 19.7 Å². The molecular formula is C27H28N2O2. The Kier molecular flexibility index (Phi) is 5.47. The number of carbonyl (C=O) groups is 1. The SMILES string of the molecule is CCNCc1cccc2c1CN(C(=O)OCC1c3ccccc3-c3ccccc31)CC2. The Hall–Kier alpha value is -3.11. The van der Waals surface area contributed by atoms with Crippen molar-refractivity contribution in [2.45, 2.75) is 32.4 Å². The third-order valence-electron chi connectivity index (χ3n) is 6.53. The molecule has 0 saturated heterocycles. The van der Waals surface area contributed by atoms with Gasteiger partial charge in [0.05, 0.1) is 0 Å². The molecule has 0 unspecified atom stereocenters. The van der Waals surface area contributed by atoms with E-state index in [2.05, 4.69) is 79.0 Å². The molecule has 4 heteroatoms. The van der Waals surface area contributed by atoms with Crippen molar-refractivity contribution < 1.29 is 9.53 Å². The van der Waals surface area contributed by atoms with E-state index in [0.717, 1.165) is 19.5 Å². The molecule has 31 heavy (non-hydrogen) atoms. The van der Waals surface area contributed by atoms with Gasteiger partial charge in [0, 0.05) is 25.6 Å². The quantitative estimate of drug-likeness (QED) is 0.634. The Morgan fingerprint density at radius 3 is 2.42 bits per heavy atom. The number of amides is 1. The summed E-state index contributed by atoms with van der Waals surface area (Å²) in [4.78, 5) is 14.9. The van der Waals surface area contributed by atoms with E-state index in [1.165, 1.54) is 38.9 Å². The van der Waals surface area contributed by atoms with Crippen LogP contribution in [0, 0.1) is 0 Å².